The number of amides is 2. The predicted octanol–water partition coefficient (Wildman–Crippen LogP) is 5.22. The second-order valence-corrected chi connectivity index (χ2v) is 9.28. The zero-order valence-corrected chi connectivity index (χ0v) is 18.1. The van der Waals surface area contributed by atoms with Gasteiger partial charge in [0, 0.05) is 23.7 Å². The van der Waals surface area contributed by atoms with Crippen molar-refractivity contribution >= 4 is 28.3 Å². The first-order chi connectivity index (χ1) is 15.2. The lowest BCUT2D eigenvalue weighted by atomic mass is 9.65. The van der Waals surface area contributed by atoms with E-state index in [4.69, 9.17) is 0 Å². The first kappa shape index (κ1) is 19.9. The molecule has 158 valence electrons. The molecule has 1 aromatic heterocycles. The van der Waals surface area contributed by atoms with Crippen molar-refractivity contribution in [2.24, 2.45) is 0 Å². The third-order valence-corrected chi connectivity index (χ3v) is 7.34. The van der Waals surface area contributed by atoms with Crippen LogP contribution in [-0.2, 0) is 11.3 Å². The second kappa shape index (κ2) is 8.27. The summed E-state index contributed by atoms with van der Waals surface area (Å²) in [5.41, 5.74) is 2.03. The van der Waals surface area contributed by atoms with Crippen molar-refractivity contribution in [1.29, 1.82) is 0 Å². The quantitative estimate of drug-likeness (QED) is 0.616. The molecule has 0 saturated heterocycles. The molecule has 1 aliphatic heterocycles. The van der Waals surface area contributed by atoms with Gasteiger partial charge < -0.3 is 10.2 Å². The van der Waals surface area contributed by atoms with E-state index in [1.807, 2.05) is 52.7 Å². The normalized spacial score (nSPS) is 19.8. The minimum absolute atomic E-state index is 0.0275. The van der Waals surface area contributed by atoms with Crippen molar-refractivity contribution in [3.05, 3.63) is 82.9 Å². The van der Waals surface area contributed by atoms with Crippen molar-refractivity contribution in [3.63, 3.8) is 0 Å². The monoisotopic (exact) mass is 431 g/mol. The molecular formula is C25H25N3O2S. The SMILES string of the molecule is O=C(Nc1nccs1)[C@H]1c2ccccc2C(=O)N(Cc2ccccc2)C12CCCCC2. The second-order valence-electron chi connectivity index (χ2n) is 8.39. The minimum Gasteiger partial charge on any atom is -0.327 e. The first-order valence-electron chi connectivity index (χ1n) is 10.8. The summed E-state index contributed by atoms with van der Waals surface area (Å²) in [6.45, 7) is 0.509. The van der Waals surface area contributed by atoms with Crippen LogP contribution in [0.4, 0.5) is 5.13 Å². The topological polar surface area (TPSA) is 62.3 Å². The first-order valence-corrected chi connectivity index (χ1v) is 11.7. The van der Waals surface area contributed by atoms with E-state index in [-0.39, 0.29) is 11.8 Å². The van der Waals surface area contributed by atoms with Crippen LogP contribution < -0.4 is 5.32 Å². The molecule has 1 N–H and O–H groups in total. The Bertz CT molecular complexity index is 1080. The summed E-state index contributed by atoms with van der Waals surface area (Å²) in [6, 6.07) is 17.7. The van der Waals surface area contributed by atoms with Crippen LogP contribution in [0.3, 0.4) is 0 Å². The van der Waals surface area contributed by atoms with Gasteiger partial charge in [0.1, 0.15) is 0 Å². The van der Waals surface area contributed by atoms with E-state index in [2.05, 4.69) is 22.4 Å². The smallest absolute Gasteiger partial charge is 0.254 e. The molecule has 2 aromatic carbocycles. The molecule has 5 nitrogen and oxygen atoms in total. The number of carbonyl (C=O) groups is 2. The number of nitrogens with zero attached hydrogens (tertiary/aromatic N) is 2. The Kier molecular flexibility index (Phi) is 5.32. The molecule has 0 radical (unpaired) electrons. The van der Waals surface area contributed by atoms with E-state index in [0.29, 0.717) is 17.2 Å². The van der Waals surface area contributed by atoms with E-state index in [0.717, 1.165) is 43.2 Å². The number of fused-ring (bicyclic) bond motifs is 1. The van der Waals surface area contributed by atoms with E-state index in [9.17, 15) is 9.59 Å². The Balaban J connectivity index is 1.63. The Hall–Kier alpha value is -2.99. The summed E-state index contributed by atoms with van der Waals surface area (Å²) in [6.07, 6.45) is 6.52. The maximum absolute atomic E-state index is 13.8. The maximum atomic E-state index is 13.8. The predicted molar refractivity (Wildman–Crippen MR) is 122 cm³/mol. The Labute approximate surface area is 186 Å². The Morgan fingerprint density at radius 2 is 1.81 bits per heavy atom. The van der Waals surface area contributed by atoms with E-state index >= 15 is 0 Å². The van der Waals surface area contributed by atoms with Gasteiger partial charge in [-0.25, -0.2) is 4.98 Å². The molecular weight excluding hydrogens is 406 g/mol. The van der Waals surface area contributed by atoms with Crippen LogP contribution in [0.2, 0.25) is 0 Å². The Morgan fingerprint density at radius 3 is 2.55 bits per heavy atom. The number of carbonyl (C=O) groups excluding carboxylic acids is 2. The van der Waals surface area contributed by atoms with Gasteiger partial charge in [0.2, 0.25) is 5.91 Å². The number of hydrogen-bond acceptors (Lipinski definition) is 4. The van der Waals surface area contributed by atoms with Crippen LogP contribution in [0.25, 0.3) is 0 Å². The zero-order chi connectivity index (χ0) is 21.3. The van der Waals surface area contributed by atoms with Gasteiger partial charge >= 0.3 is 0 Å². The highest BCUT2D eigenvalue weighted by Gasteiger charge is 2.54. The minimum atomic E-state index is -0.527. The molecule has 1 saturated carbocycles. The van der Waals surface area contributed by atoms with E-state index in [1.54, 1.807) is 6.20 Å². The Morgan fingerprint density at radius 1 is 1.06 bits per heavy atom. The van der Waals surface area contributed by atoms with Gasteiger partial charge in [-0.3, -0.25) is 9.59 Å². The molecule has 1 aliphatic carbocycles. The average molecular weight is 432 g/mol. The molecule has 2 amide bonds. The van der Waals surface area contributed by atoms with Gasteiger partial charge in [-0.2, -0.15) is 0 Å². The summed E-state index contributed by atoms with van der Waals surface area (Å²) in [4.78, 5) is 33.7. The standard InChI is InChI=1S/C25H25N3O2S/c29-22(27-24-26-15-16-31-24)21-19-11-5-6-12-20(19)23(30)28(17-18-9-3-1-4-10-18)25(21)13-7-2-8-14-25/h1,3-6,9-12,15-16,21H,2,7-8,13-14,17H2,(H,26,27,29)/t21-/m1/s1. The van der Waals surface area contributed by atoms with Crippen molar-refractivity contribution in [2.75, 3.05) is 5.32 Å². The lowest BCUT2D eigenvalue weighted by molar-refractivity contribution is -0.122. The summed E-state index contributed by atoms with van der Waals surface area (Å²) in [5.74, 6) is -0.469. The number of benzene rings is 2. The van der Waals surface area contributed by atoms with Crippen LogP contribution in [0.1, 0.15) is 59.5 Å². The molecule has 1 atom stereocenters. The fourth-order valence-electron chi connectivity index (χ4n) is 5.30. The molecule has 5 rings (SSSR count). The molecule has 0 bridgehead atoms. The van der Waals surface area contributed by atoms with Crippen molar-refractivity contribution in [1.82, 2.24) is 9.88 Å². The van der Waals surface area contributed by atoms with Gasteiger partial charge in [0.15, 0.2) is 5.13 Å². The van der Waals surface area contributed by atoms with Gasteiger partial charge in [0.05, 0.1) is 11.5 Å². The van der Waals surface area contributed by atoms with Crippen molar-refractivity contribution in [2.45, 2.75) is 50.1 Å². The number of rotatable bonds is 4. The summed E-state index contributed by atoms with van der Waals surface area (Å²) in [5, 5.41) is 5.48. The molecule has 2 aliphatic rings. The van der Waals surface area contributed by atoms with Gasteiger partial charge in [-0.1, -0.05) is 67.8 Å². The highest BCUT2D eigenvalue weighted by molar-refractivity contribution is 7.13. The molecule has 1 spiro atoms. The number of thiazole rings is 1. The van der Waals surface area contributed by atoms with Gasteiger partial charge in [-0.05, 0) is 30.0 Å². The number of aromatic nitrogens is 1. The molecule has 2 heterocycles. The summed E-state index contributed by atoms with van der Waals surface area (Å²) in [7, 11) is 0. The van der Waals surface area contributed by atoms with Gasteiger partial charge in [0.25, 0.3) is 5.91 Å². The highest BCUT2D eigenvalue weighted by atomic mass is 32.1. The number of hydrogen-bond donors (Lipinski definition) is 1. The van der Waals surface area contributed by atoms with Crippen LogP contribution >= 0.6 is 11.3 Å². The highest BCUT2D eigenvalue weighted by Crippen LogP contribution is 2.50. The molecule has 6 heteroatoms. The van der Waals surface area contributed by atoms with Crippen molar-refractivity contribution < 1.29 is 9.59 Å². The lowest BCUT2D eigenvalue weighted by Gasteiger charge is -2.53. The number of nitrogens with one attached hydrogen (secondary N) is 1. The molecule has 1 fully saturated rings. The van der Waals surface area contributed by atoms with E-state index < -0.39 is 11.5 Å². The zero-order valence-electron chi connectivity index (χ0n) is 17.3. The fraction of sp³-hybridized carbons (Fsp3) is 0.320. The van der Waals surface area contributed by atoms with Crippen LogP contribution in [-0.4, -0.2) is 27.2 Å². The summed E-state index contributed by atoms with van der Waals surface area (Å²) >= 11 is 1.41. The third kappa shape index (κ3) is 3.55. The number of anilines is 1. The fourth-order valence-corrected chi connectivity index (χ4v) is 5.83. The maximum Gasteiger partial charge on any atom is 0.254 e. The van der Waals surface area contributed by atoms with Gasteiger partial charge in [-0.15, -0.1) is 11.3 Å². The largest absolute Gasteiger partial charge is 0.327 e. The summed E-state index contributed by atoms with van der Waals surface area (Å²) < 4.78 is 0. The van der Waals surface area contributed by atoms with Crippen LogP contribution in [0, 0.1) is 0 Å². The third-order valence-electron chi connectivity index (χ3n) is 6.65. The molecule has 0 unspecified atom stereocenters. The lowest BCUT2D eigenvalue weighted by Crippen LogP contribution is -2.61. The molecule has 3 aromatic rings. The van der Waals surface area contributed by atoms with E-state index in [1.165, 1.54) is 11.3 Å². The average Bonchev–Trinajstić information content (AvgIpc) is 3.31. The van der Waals surface area contributed by atoms with Crippen molar-refractivity contribution in [3.8, 4) is 0 Å². The molecule has 31 heavy (non-hydrogen) atoms. The van der Waals surface area contributed by atoms with Crippen LogP contribution in [0.5, 0.6) is 0 Å². The van der Waals surface area contributed by atoms with Crippen LogP contribution in [0.15, 0.2) is 66.2 Å².